The Hall–Kier alpha value is -0.0800. The molecule has 0 spiro atoms. The summed E-state index contributed by atoms with van der Waals surface area (Å²) in [5.41, 5.74) is 0.574. The third kappa shape index (κ3) is 4.59. The van der Waals surface area contributed by atoms with E-state index in [4.69, 9.17) is 4.74 Å². The Balaban J connectivity index is 1.62. The Labute approximate surface area is 107 Å². The van der Waals surface area contributed by atoms with Crippen LogP contribution in [0.15, 0.2) is 0 Å². The number of ether oxygens (including phenoxy) is 1. The van der Waals surface area contributed by atoms with Crippen molar-refractivity contribution in [1.29, 1.82) is 0 Å². The van der Waals surface area contributed by atoms with E-state index < -0.39 is 0 Å². The Morgan fingerprint density at radius 2 is 2.00 bits per heavy atom. The molecule has 2 unspecified atom stereocenters. The minimum absolute atomic E-state index is 0.546. The molecule has 100 valence electrons. The first-order chi connectivity index (χ1) is 8.16. The van der Waals surface area contributed by atoms with Gasteiger partial charge >= 0.3 is 0 Å². The molecule has 2 nitrogen and oxygen atoms in total. The van der Waals surface area contributed by atoms with E-state index in [9.17, 15) is 0 Å². The lowest BCUT2D eigenvalue weighted by molar-refractivity contribution is 0.103. The van der Waals surface area contributed by atoms with Crippen LogP contribution in [-0.2, 0) is 4.74 Å². The molecular weight excluding hydrogens is 210 g/mol. The highest BCUT2D eigenvalue weighted by Crippen LogP contribution is 2.33. The highest BCUT2D eigenvalue weighted by Gasteiger charge is 2.24. The quantitative estimate of drug-likeness (QED) is 0.758. The average molecular weight is 239 g/mol. The molecule has 2 fully saturated rings. The molecule has 2 heteroatoms. The van der Waals surface area contributed by atoms with Crippen LogP contribution < -0.4 is 5.32 Å². The van der Waals surface area contributed by atoms with Gasteiger partial charge in [0.2, 0.25) is 0 Å². The van der Waals surface area contributed by atoms with Crippen LogP contribution in [0.2, 0.25) is 0 Å². The molecule has 0 amide bonds. The zero-order valence-electron chi connectivity index (χ0n) is 11.6. The van der Waals surface area contributed by atoms with Crippen molar-refractivity contribution in [2.24, 2.45) is 5.41 Å². The van der Waals surface area contributed by atoms with Crippen molar-refractivity contribution >= 4 is 0 Å². The average Bonchev–Trinajstić information content (AvgIpc) is 2.72. The van der Waals surface area contributed by atoms with Gasteiger partial charge in [0.25, 0.3) is 0 Å². The first kappa shape index (κ1) is 13.4. The standard InChI is InChI=1S/C15H29NO/c1-15(2)9-3-5-13(7-10-15)16-11-8-14-6-4-12-17-14/h13-14,16H,3-12H2,1-2H3. The summed E-state index contributed by atoms with van der Waals surface area (Å²) in [4.78, 5) is 0. The molecule has 1 saturated heterocycles. The minimum Gasteiger partial charge on any atom is -0.378 e. The molecule has 1 saturated carbocycles. The molecule has 0 aromatic rings. The lowest BCUT2D eigenvalue weighted by atomic mass is 9.85. The van der Waals surface area contributed by atoms with Gasteiger partial charge in [-0.15, -0.1) is 0 Å². The first-order valence-corrected chi connectivity index (χ1v) is 7.51. The zero-order chi connectivity index (χ0) is 12.1. The van der Waals surface area contributed by atoms with E-state index in [2.05, 4.69) is 19.2 Å². The molecule has 1 aliphatic carbocycles. The van der Waals surface area contributed by atoms with Crippen LogP contribution in [0, 0.1) is 5.41 Å². The Morgan fingerprint density at radius 1 is 1.12 bits per heavy atom. The van der Waals surface area contributed by atoms with Crippen LogP contribution in [0.1, 0.15) is 65.2 Å². The summed E-state index contributed by atoms with van der Waals surface area (Å²) >= 11 is 0. The van der Waals surface area contributed by atoms with Crippen LogP contribution in [0.25, 0.3) is 0 Å². The van der Waals surface area contributed by atoms with Crippen molar-refractivity contribution in [3.63, 3.8) is 0 Å². The second-order valence-electron chi connectivity index (χ2n) is 6.67. The van der Waals surface area contributed by atoms with E-state index in [1.165, 1.54) is 51.4 Å². The maximum atomic E-state index is 5.66. The number of hydrogen-bond donors (Lipinski definition) is 1. The van der Waals surface area contributed by atoms with Gasteiger partial charge < -0.3 is 10.1 Å². The fraction of sp³-hybridized carbons (Fsp3) is 1.00. The van der Waals surface area contributed by atoms with E-state index in [-0.39, 0.29) is 0 Å². The Kier molecular flexibility index (Phi) is 4.87. The topological polar surface area (TPSA) is 21.3 Å². The molecule has 1 N–H and O–H groups in total. The summed E-state index contributed by atoms with van der Waals surface area (Å²) in [6.07, 6.45) is 11.2. The van der Waals surface area contributed by atoms with E-state index >= 15 is 0 Å². The van der Waals surface area contributed by atoms with Crippen molar-refractivity contribution in [2.45, 2.75) is 77.4 Å². The monoisotopic (exact) mass is 239 g/mol. The summed E-state index contributed by atoms with van der Waals surface area (Å²) in [7, 11) is 0. The fourth-order valence-electron chi connectivity index (χ4n) is 3.19. The Morgan fingerprint density at radius 3 is 2.76 bits per heavy atom. The van der Waals surface area contributed by atoms with Gasteiger partial charge in [0.15, 0.2) is 0 Å². The molecule has 1 aliphatic heterocycles. The van der Waals surface area contributed by atoms with Gasteiger partial charge in [0, 0.05) is 12.6 Å². The van der Waals surface area contributed by atoms with Crippen LogP contribution in [-0.4, -0.2) is 25.3 Å². The molecule has 0 aromatic heterocycles. The van der Waals surface area contributed by atoms with Gasteiger partial charge in [-0.3, -0.25) is 0 Å². The fourth-order valence-corrected chi connectivity index (χ4v) is 3.19. The second-order valence-corrected chi connectivity index (χ2v) is 6.67. The van der Waals surface area contributed by atoms with Crippen molar-refractivity contribution in [2.75, 3.05) is 13.2 Å². The van der Waals surface area contributed by atoms with Gasteiger partial charge in [-0.25, -0.2) is 0 Å². The van der Waals surface area contributed by atoms with Crippen LogP contribution >= 0.6 is 0 Å². The van der Waals surface area contributed by atoms with Gasteiger partial charge in [0.1, 0.15) is 0 Å². The molecule has 0 bridgehead atoms. The summed E-state index contributed by atoms with van der Waals surface area (Å²) < 4.78 is 5.66. The largest absolute Gasteiger partial charge is 0.378 e. The SMILES string of the molecule is CC1(C)CCCC(NCCC2CCCO2)CC1. The smallest absolute Gasteiger partial charge is 0.0588 e. The minimum atomic E-state index is 0.546. The second kappa shape index (κ2) is 6.19. The summed E-state index contributed by atoms with van der Waals surface area (Å²) in [6, 6.07) is 0.762. The van der Waals surface area contributed by atoms with Crippen molar-refractivity contribution in [1.82, 2.24) is 5.32 Å². The molecule has 1 heterocycles. The van der Waals surface area contributed by atoms with E-state index in [0.717, 1.165) is 19.2 Å². The predicted molar refractivity (Wildman–Crippen MR) is 72.2 cm³/mol. The molecule has 0 aromatic carbocycles. The van der Waals surface area contributed by atoms with Crippen molar-refractivity contribution in [3.05, 3.63) is 0 Å². The van der Waals surface area contributed by atoms with Gasteiger partial charge in [-0.1, -0.05) is 20.3 Å². The first-order valence-electron chi connectivity index (χ1n) is 7.51. The van der Waals surface area contributed by atoms with E-state index in [1.807, 2.05) is 0 Å². The Bertz CT molecular complexity index is 221. The molecule has 2 atom stereocenters. The molecule has 0 radical (unpaired) electrons. The summed E-state index contributed by atoms with van der Waals surface area (Å²) in [5.74, 6) is 0. The molecular formula is C15H29NO. The maximum absolute atomic E-state index is 5.66. The zero-order valence-corrected chi connectivity index (χ0v) is 11.6. The lowest BCUT2D eigenvalue weighted by Crippen LogP contribution is -2.31. The van der Waals surface area contributed by atoms with Crippen molar-refractivity contribution in [3.8, 4) is 0 Å². The molecule has 2 aliphatic rings. The van der Waals surface area contributed by atoms with E-state index in [0.29, 0.717) is 11.5 Å². The maximum Gasteiger partial charge on any atom is 0.0588 e. The van der Waals surface area contributed by atoms with Crippen LogP contribution in [0.4, 0.5) is 0 Å². The third-order valence-electron chi connectivity index (χ3n) is 4.50. The highest BCUT2D eigenvalue weighted by molar-refractivity contribution is 4.80. The molecule has 2 rings (SSSR count). The predicted octanol–water partition coefficient (Wildman–Crippen LogP) is 3.50. The number of hydrogen-bond acceptors (Lipinski definition) is 2. The summed E-state index contributed by atoms with van der Waals surface area (Å²) in [5, 5.41) is 3.75. The van der Waals surface area contributed by atoms with Gasteiger partial charge in [0.05, 0.1) is 6.10 Å². The van der Waals surface area contributed by atoms with Crippen molar-refractivity contribution < 1.29 is 4.74 Å². The van der Waals surface area contributed by atoms with Crippen LogP contribution in [0.5, 0.6) is 0 Å². The number of nitrogens with one attached hydrogen (secondary N) is 1. The third-order valence-corrected chi connectivity index (χ3v) is 4.50. The molecule has 17 heavy (non-hydrogen) atoms. The van der Waals surface area contributed by atoms with Gasteiger partial charge in [-0.2, -0.15) is 0 Å². The number of rotatable bonds is 4. The van der Waals surface area contributed by atoms with Crippen LogP contribution in [0.3, 0.4) is 0 Å². The van der Waals surface area contributed by atoms with E-state index in [1.54, 1.807) is 0 Å². The summed E-state index contributed by atoms with van der Waals surface area (Å²) in [6.45, 7) is 6.97. The highest BCUT2D eigenvalue weighted by atomic mass is 16.5. The van der Waals surface area contributed by atoms with Gasteiger partial charge in [-0.05, 0) is 56.9 Å². The normalized spacial score (nSPS) is 33.5. The lowest BCUT2D eigenvalue weighted by Gasteiger charge is -2.22.